The summed E-state index contributed by atoms with van der Waals surface area (Å²) < 4.78 is 9.98. The van der Waals surface area contributed by atoms with E-state index in [9.17, 15) is 9.59 Å². The largest absolute Gasteiger partial charge is 0.466 e. The van der Waals surface area contributed by atoms with Crippen molar-refractivity contribution in [1.82, 2.24) is 4.90 Å². The summed E-state index contributed by atoms with van der Waals surface area (Å²) in [6.45, 7) is 3.97. The zero-order chi connectivity index (χ0) is 15.5. The average molecular weight is 293 g/mol. The summed E-state index contributed by atoms with van der Waals surface area (Å²) >= 11 is 0. The van der Waals surface area contributed by atoms with Crippen LogP contribution in [0.25, 0.3) is 0 Å². The smallest absolute Gasteiger partial charge is 0.313 e. The summed E-state index contributed by atoms with van der Waals surface area (Å²) in [5, 5.41) is 0. The molecule has 0 aliphatic heterocycles. The maximum atomic E-state index is 11.4. The van der Waals surface area contributed by atoms with Gasteiger partial charge in [-0.15, -0.1) is 0 Å². The maximum absolute atomic E-state index is 11.4. The van der Waals surface area contributed by atoms with Crippen LogP contribution >= 0.6 is 0 Å². The fraction of sp³-hybridized carbons (Fsp3) is 0.500. The molecule has 116 valence electrons. The van der Waals surface area contributed by atoms with Gasteiger partial charge in [-0.3, -0.25) is 14.5 Å². The number of benzene rings is 1. The number of rotatable bonds is 10. The van der Waals surface area contributed by atoms with Crippen molar-refractivity contribution >= 4 is 11.8 Å². The lowest BCUT2D eigenvalue weighted by molar-refractivity contribution is -0.146. The Hall–Kier alpha value is -1.72. The number of hydrogen-bond acceptors (Lipinski definition) is 5. The molecule has 1 aromatic rings. The lowest BCUT2D eigenvalue weighted by Crippen LogP contribution is -2.24. The second-order valence-electron chi connectivity index (χ2n) is 4.80. The normalized spacial score (nSPS) is 10.6. The highest BCUT2D eigenvalue weighted by Gasteiger charge is 2.10. The Bertz CT molecular complexity index is 433. The summed E-state index contributed by atoms with van der Waals surface area (Å²) in [6, 6.07) is 10.1. The van der Waals surface area contributed by atoms with E-state index in [-0.39, 0.29) is 25.4 Å². The van der Waals surface area contributed by atoms with Gasteiger partial charge in [-0.2, -0.15) is 0 Å². The van der Waals surface area contributed by atoms with E-state index in [0.717, 1.165) is 13.1 Å². The Morgan fingerprint density at radius 2 is 1.90 bits per heavy atom. The summed E-state index contributed by atoms with van der Waals surface area (Å²) in [7, 11) is 2.00. The molecule has 0 atom stereocenters. The molecule has 5 heteroatoms. The van der Waals surface area contributed by atoms with Gasteiger partial charge in [-0.1, -0.05) is 30.3 Å². The first kappa shape index (κ1) is 17.3. The number of carbonyl (C=O) groups is 2. The standard InChI is InChI=1S/C16H23NO4/c1-3-21-16(19)11-15(18)13-20-10-9-17(2)12-14-7-5-4-6-8-14/h4-8H,3,9-13H2,1-2H3. The van der Waals surface area contributed by atoms with Crippen LogP contribution in [0.2, 0.25) is 0 Å². The van der Waals surface area contributed by atoms with Crippen molar-refractivity contribution in [2.75, 3.05) is 33.4 Å². The number of Topliss-reactive ketones (excluding diaryl/α,β-unsaturated/α-hetero) is 1. The molecular formula is C16H23NO4. The van der Waals surface area contributed by atoms with E-state index in [1.54, 1.807) is 6.92 Å². The zero-order valence-corrected chi connectivity index (χ0v) is 12.7. The third-order valence-corrected chi connectivity index (χ3v) is 2.82. The second kappa shape index (κ2) is 10.1. The predicted octanol–water partition coefficient (Wildman–Crippen LogP) is 1.66. The molecule has 5 nitrogen and oxygen atoms in total. The summed E-state index contributed by atoms with van der Waals surface area (Å²) in [5.74, 6) is -0.744. The Morgan fingerprint density at radius 1 is 1.19 bits per heavy atom. The van der Waals surface area contributed by atoms with Crippen LogP contribution in [0.3, 0.4) is 0 Å². The third kappa shape index (κ3) is 8.22. The van der Waals surface area contributed by atoms with Crippen molar-refractivity contribution in [3.8, 4) is 0 Å². The molecule has 0 unspecified atom stereocenters. The van der Waals surface area contributed by atoms with Crippen molar-refractivity contribution in [2.45, 2.75) is 19.9 Å². The number of ether oxygens (including phenoxy) is 2. The van der Waals surface area contributed by atoms with Crippen LogP contribution in [-0.4, -0.2) is 50.1 Å². The number of carbonyl (C=O) groups excluding carboxylic acids is 2. The van der Waals surface area contributed by atoms with Gasteiger partial charge < -0.3 is 9.47 Å². The predicted molar refractivity (Wildman–Crippen MR) is 79.9 cm³/mol. The van der Waals surface area contributed by atoms with Crippen molar-refractivity contribution in [3.05, 3.63) is 35.9 Å². The van der Waals surface area contributed by atoms with Gasteiger partial charge >= 0.3 is 5.97 Å². The minimum atomic E-state index is -0.493. The highest BCUT2D eigenvalue weighted by atomic mass is 16.5. The molecule has 0 saturated heterocycles. The Kier molecular flexibility index (Phi) is 8.31. The summed E-state index contributed by atoms with van der Waals surface area (Å²) in [6.07, 6.45) is -0.215. The van der Waals surface area contributed by atoms with Crippen LogP contribution in [0.4, 0.5) is 0 Å². The van der Waals surface area contributed by atoms with E-state index < -0.39 is 5.97 Å². The van der Waals surface area contributed by atoms with Gasteiger partial charge in [0.25, 0.3) is 0 Å². The molecule has 0 aliphatic rings. The SMILES string of the molecule is CCOC(=O)CC(=O)COCCN(C)Cc1ccccc1. The molecule has 0 bridgehead atoms. The van der Waals surface area contributed by atoms with Crippen LogP contribution in [0.1, 0.15) is 18.9 Å². The van der Waals surface area contributed by atoms with E-state index in [1.165, 1.54) is 5.56 Å². The number of ketones is 1. The molecule has 0 aliphatic carbocycles. The first-order valence-electron chi connectivity index (χ1n) is 7.09. The lowest BCUT2D eigenvalue weighted by Gasteiger charge is -2.16. The molecule has 0 spiro atoms. The minimum absolute atomic E-state index is 0.0437. The molecule has 0 N–H and O–H groups in total. The van der Waals surface area contributed by atoms with E-state index in [2.05, 4.69) is 17.0 Å². The van der Waals surface area contributed by atoms with Gasteiger partial charge in [-0.05, 0) is 19.5 Å². The van der Waals surface area contributed by atoms with Gasteiger partial charge in [0, 0.05) is 13.1 Å². The van der Waals surface area contributed by atoms with Crippen molar-refractivity contribution in [3.63, 3.8) is 0 Å². The third-order valence-electron chi connectivity index (χ3n) is 2.82. The Morgan fingerprint density at radius 3 is 2.57 bits per heavy atom. The highest BCUT2D eigenvalue weighted by Crippen LogP contribution is 2.02. The van der Waals surface area contributed by atoms with E-state index in [4.69, 9.17) is 9.47 Å². The van der Waals surface area contributed by atoms with Crippen LogP contribution < -0.4 is 0 Å². The Labute approximate surface area is 125 Å². The quantitative estimate of drug-likeness (QED) is 0.373. The van der Waals surface area contributed by atoms with Crippen molar-refractivity contribution in [1.29, 1.82) is 0 Å². The summed E-state index contributed by atoms with van der Waals surface area (Å²) in [4.78, 5) is 24.6. The van der Waals surface area contributed by atoms with Gasteiger partial charge in [0.05, 0.1) is 13.2 Å². The molecule has 0 heterocycles. The molecular weight excluding hydrogens is 270 g/mol. The fourth-order valence-electron chi connectivity index (χ4n) is 1.80. The molecule has 0 fully saturated rings. The monoisotopic (exact) mass is 293 g/mol. The van der Waals surface area contributed by atoms with E-state index in [0.29, 0.717) is 6.61 Å². The molecule has 0 aromatic heterocycles. The number of likely N-dealkylation sites (N-methyl/N-ethyl adjacent to an activating group) is 1. The molecule has 1 aromatic carbocycles. The number of nitrogens with zero attached hydrogens (tertiary/aromatic N) is 1. The van der Waals surface area contributed by atoms with Crippen LogP contribution in [-0.2, 0) is 25.6 Å². The Balaban J connectivity index is 2.10. The number of esters is 1. The minimum Gasteiger partial charge on any atom is -0.466 e. The highest BCUT2D eigenvalue weighted by molar-refractivity contribution is 5.96. The van der Waals surface area contributed by atoms with Crippen LogP contribution in [0.5, 0.6) is 0 Å². The molecule has 21 heavy (non-hydrogen) atoms. The zero-order valence-electron chi connectivity index (χ0n) is 12.7. The molecule has 0 radical (unpaired) electrons. The maximum Gasteiger partial charge on any atom is 0.313 e. The van der Waals surface area contributed by atoms with E-state index >= 15 is 0 Å². The van der Waals surface area contributed by atoms with Gasteiger partial charge in [0.15, 0.2) is 5.78 Å². The molecule has 0 saturated carbocycles. The second-order valence-corrected chi connectivity index (χ2v) is 4.80. The van der Waals surface area contributed by atoms with Crippen LogP contribution in [0.15, 0.2) is 30.3 Å². The van der Waals surface area contributed by atoms with Crippen molar-refractivity contribution in [2.24, 2.45) is 0 Å². The molecule has 0 amide bonds. The molecule has 1 rings (SSSR count). The number of hydrogen-bond donors (Lipinski definition) is 0. The van der Waals surface area contributed by atoms with E-state index in [1.807, 2.05) is 25.2 Å². The van der Waals surface area contributed by atoms with Gasteiger partial charge in [0.1, 0.15) is 13.0 Å². The average Bonchev–Trinajstić information content (AvgIpc) is 2.45. The first-order valence-corrected chi connectivity index (χ1v) is 7.09. The van der Waals surface area contributed by atoms with Crippen molar-refractivity contribution < 1.29 is 19.1 Å². The van der Waals surface area contributed by atoms with Crippen LogP contribution in [0, 0.1) is 0 Å². The lowest BCUT2D eigenvalue weighted by atomic mass is 10.2. The van der Waals surface area contributed by atoms with Gasteiger partial charge in [-0.25, -0.2) is 0 Å². The topological polar surface area (TPSA) is 55.8 Å². The first-order chi connectivity index (χ1) is 10.1. The fourth-order valence-corrected chi connectivity index (χ4v) is 1.80. The summed E-state index contributed by atoms with van der Waals surface area (Å²) in [5.41, 5.74) is 1.23. The van der Waals surface area contributed by atoms with Gasteiger partial charge in [0.2, 0.25) is 0 Å².